The summed E-state index contributed by atoms with van der Waals surface area (Å²) in [6.07, 6.45) is 1.77. The summed E-state index contributed by atoms with van der Waals surface area (Å²) < 4.78 is 19.1. The second-order valence-electron chi connectivity index (χ2n) is 6.29. The van der Waals surface area contributed by atoms with E-state index in [1.807, 2.05) is 12.1 Å². The molecule has 25 heavy (non-hydrogen) atoms. The molecule has 0 amide bonds. The summed E-state index contributed by atoms with van der Waals surface area (Å²) >= 11 is 6.09. The van der Waals surface area contributed by atoms with Gasteiger partial charge in [0, 0.05) is 22.5 Å². The highest BCUT2D eigenvalue weighted by Crippen LogP contribution is 2.31. The minimum atomic E-state index is -0.429. The van der Waals surface area contributed by atoms with Gasteiger partial charge in [0.25, 0.3) is 0 Å². The van der Waals surface area contributed by atoms with Gasteiger partial charge in [0.2, 0.25) is 0 Å². The van der Waals surface area contributed by atoms with Crippen molar-refractivity contribution >= 4 is 28.3 Å². The number of fused-ring (bicyclic) bond motifs is 2. The first kappa shape index (κ1) is 16.1. The molecule has 3 aromatic rings. The minimum absolute atomic E-state index is 0.185. The Kier molecular flexibility index (Phi) is 3.96. The normalized spacial score (nSPS) is 16.1. The van der Waals surface area contributed by atoms with Gasteiger partial charge < -0.3 is 10.1 Å². The molecule has 0 saturated carbocycles. The third-order valence-electron chi connectivity index (χ3n) is 4.52. The van der Waals surface area contributed by atoms with Crippen LogP contribution in [0.25, 0.3) is 10.9 Å². The maximum atomic E-state index is 14.0. The van der Waals surface area contributed by atoms with Crippen molar-refractivity contribution in [2.24, 2.45) is 0 Å². The zero-order chi connectivity index (χ0) is 17.6. The minimum Gasteiger partial charge on any atom is -0.494 e. The lowest BCUT2D eigenvalue weighted by atomic mass is 10.1. The molecule has 0 saturated heterocycles. The first-order valence-electron chi connectivity index (χ1n) is 8.09. The lowest BCUT2D eigenvalue weighted by Gasteiger charge is -2.16. The predicted molar refractivity (Wildman–Crippen MR) is 97.1 cm³/mol. The van der Waals surface area contributed by atoms with E-state index < -0.39 is 5.82 Å². The van der Waals surface area contributed by atoms with E-state index in [1.165, 1.54) is 24.3 Å². The lowest BCUT2D eigenvalue weighted by Crippen LogP contribution is -2.20. The number of ether oxygens (including phenoxy) is 1. The molecular weight excluding hydrogens is 341 g/mol. The number of nitrogens with zero attached hydrogens (tertiary/aromatic N) is 2. The number of rotatable bonds is 3. The average molecular weight is 358 g/mol. The molecule has 0 fully saturated rings. The molecule has 1 aliphatic carbocycles. The highest BCUT2D eigenvalue weighted by molar-refractivity contribution is 6.30. The third-order valence-corrected chi connectivity index (χ3v) is 4.76. The quantitative estimate of drug-likeness (QED) is 0.758. The zero-order valence-electron chi connectivity index (χ0n) is 13.9. The smallest absolute Gasteiger partial charge is 0.167 e. The second kappa shape index (κ2) is 6.15. The number of nitrogens with one attached hydrogen (secondary N) is 1. The van der Waals surface area contributed by atoms with E-state index in [0.29, 0.717) is 17.2 Å². The number of benzene rings is 2. The molecule has 0 spiro atoms. The topological polar surface area (TPSA) is 47.0 Å². The molecule has 1 aromatic heterocycles. The van der Waals surface area contributed by atoms with Gasteiger partial charge in [0.05, 0.1) is 12.6 Å². The standard InChI is InChI=1S/C19H17ClFN3O/c1-10-22-17-9-16(21)18(25-2)8-15(17)19(23-10)24-14-6-11-3-4-13(20)5-12(11)7-14/h3-5,8-9,14H,6-7H2,1-2H3,(H,22,23,24). The van der Waals surface area contributed by atoms with Crippen molar-refractivity contribution in [1.29, 1.82) is 0 Å². The third kappa shape index (κ3) is 3.00. The fraction of sp³-hybridized carbons (Fsp3) is 0.263. The SMILES string of the molecule is COc1cc2c(NC3Cc4ccc(Cl)cc4C3)nc(C)nc2cc1F. The van der Waals surface area contributed by atoms with Crippen LogP contribution in [-0.4, -0.2) is 23.1 Å². The van der Waals surface area contributed by atoms with Gasteiger partial charge in [-0.15, -0.1) is 0 Å². The van der Waals surface area contributed by atoms with Crippen molar-refractivity contribution in [2.75, 3.05) is 12.4 Å². The largest absolute Gasteiger partial charge is 0.494 e. The fourth-order valence-electron chi connectivity index (χ4n) is 3.40. The van der Waals surface area contributed by atoms with Gasteiger partial charge in [0.1, 0.15) is 11.6 Å². The Bertz CT molecular complexity index is 977. The molecule has 128 valence electrons. The van der Waals surface area contributed by atoms with Crippen LogP contribution in [0.2, 0.25) is 5.02 Å². The van der Waals surface area contributed by atoms with Gasteiger partial charge >= 0.3 is 0 Å². The first-order chi connectivity index (χ1) is 12.0. The Morgan fingerprint density at radius 3 is 2.76 bits per heavy atom. The summed E-state index contributed by atoms with van der Waals surface area (Å²) in [4.78, 5) is 8.86. The van der Waals surface area contributed by atoms with E-state index in [9.17, 15) is 4.39 Å². The van der Waals surface area contributed by atoms with Crippen LogP contribution in [0.15, 0.2) is 30.3 Å². The number of hydrogen-bond acceptors (Lipinski definition) is 4. The molecule has 4 nitrogen and oxygen atoms in total. The van der Waals surface area contributed by atoms with Crippen molar-refractivity contribution in [3.05, 3.63) is 58.1 Å². The monoisotopic (exact) mass is 357 g/mol. The molecule has 2 aromatic carbocycles. The van der Waals surface area contributed by atoms with E-state index in [0.717, 1.165) is 23.3 Å². The lowest BCUT2D eigenvalue weighted by molar-refractivity contribution is 0.387. The Balaban J connectivity index is 1.70. The fourth-order valence-corrected chi connectivity index (χ4v) is 3.59. The van der Waals surface area contributed by atoms with Gasteiger partial charge in [-0.05, 0) is 49.1 Å². The molecule has 1 N–H and O–H groups in total. The molecule has 0 bridgehead atoms. The Hall–Kier alpha value is -2.40. The molecule has 1 aliphatic rings. The van der Waals surface area contributed by atoms with Crippen LogP contribution in [0, 0.1) is 12.7 Å². The van der Waals surface area contributed by atoms with E-state index in [1.54, 1.807) is 13.0 Å². The van der Waals surface area contributed by atoms with Gasteiger partial charge in [0.15, 0.2) is 11.6 Å². The van der Waals surface area contributed by atoms with Gasteiger partial charge in [-0.3, -0.25) is 0 Å². The number of methoxy groups -OCH3 is 1. The molecule has 1 unspecified atom stereocenters. The molecule has 1 heterocycles. The second-order valence-corrected chi connectivity index (χ2v) is 6.72. The van der Waals surface area contributed by atoms with Crippen LogP contribution in [0.4, 0.5) is 10.2 Å². The molecule has 0 aliphatic heterocycles. The molecule has 0 radical (unpaired) electrons. The van der Waals surface area contributed by atoms with Gasteiger partial charge in [-0.2, -0.15) is 0 Å². The van der Waals surface area contributed by atoms with Crippen LogP contribution >= 0.6 is 11.6 Å². The van der Waals surface area contributed by atoms with Gasteiger partial charge in [-0.1, -0.05) is 17.7 Å². The molecule has 4 rings (SSSR count). The van der Waals surface area contributed by atoms with Crippen LogP contribution in [0.1, 0.15) is 17.0 Å². The van der Waals surface area contributed by atoms with Gasteiger partial charge in [-0.25, -0.2) is 14.4 Å². The van der Waals surface area contributed by atoms with Crippen LogP contribution in [0.3, 0.4) is 0 Å². The van der Waals surface area contributed by atoms with Crippen molar-refractivity contribution in [2.45, 2.75) is 25.8 Å². The zero-order valence-corrected chi connectivity index (χ0v) is 14.7. The van der Waals surface area contributed by atoms with Crippen LogP contribution < -0.4 is 10.1 Å². The van der Waals surface area contributed by atoms with E-state index in [-0.39, 0.29) is 11.8 Å². The predicted octanol–water partition coefficient (Wildman–Crippen LogP) is 4.32. The highest BCUT2D eigenvalue weighted by atomic mass is 35.5. The Morgan fingerprint density at radius 1 is 1.16 bits per heavy atom. The van der Waals surface area contributed by atoms with Crippen LogP contribution in [0.5, 0.6) is 5.75 Å². The van der Waals surface area contributed by atoms with E-state index in [4.69, 9.17) is 16.3 Å². The number of hydrogen-bond donors (Lipinski definition) is 1. The van der Waals surface area contributed by atoms with Crippen molar-refractivity contribution in [3.8, 4) is 5.75 Å². The Morgan fingerprint density at radius 2 is 1.96 bits per heavy atom. The summed E-state index contributed by atoms with van der Waals surface area (Å²) in [5.41, 5.74) is 3.11. The molecular formula is C19H17ClFN3O. The summed E-state index contributed by atoms with van der Waals surface area (Å²) in [6.45, 7) is 1.80. The maximum Gasteiger partial charge on any atom is 0.167 e. The van der Waals surface area contributed by atoms with E-state index >= 15 is 0 Å². The number of halogens is 2. The van der Waals surface area contributed by atoms with Crippen molar-refractivity contribution < 1.29 is 9.13 Å². The maximum absolute atomic E-state index is 14.0. The molecule has 1 atom stereocenters. The first-order valence-corrected chi connectivity index (χ1v) is 8.47. The summed E-state index contributed by atoms with van der Waals surface area (Å²) in [6, 6.07) is 9.24. The number of aryl methyl sites for hydroxylation is 1. The van der Waals surface area contributed by atoms with Crippen LogP contribution in [-0.2, 0) is 12.8 Å². The average Bonchev–Trinajstić information content (AvgIpc) is 2.95. The summed E-state index contributed by atoms with van der Waals surface area (Å²) in [5, 5.41) is 4.99. The highest BCUT2D eigenvalue weighted by Gasteiger charge is 2.23. The van der Waals surface area contributed by atoms with Crippen molar-refractivity contribution in [3.63, 3.8) is 0 Å². The Labute approximate surface area is 150 Å². The number of anilines is 1. The van der Waals surface area contributed by atoms with Crippen molar-refractivity contribution in [1.82, 2.24) is 9.97 Å². The summed E-state index contributed by atoms with van der Waals surface area (Å²) in [7, 11) is 1.45. The summed E-state index contributed by atoms with van der Waals surface area (Å²) in [5.74, 6) is 1.05. The van der Waals surface area contributed by atoms with E-state index in [2.05, 4.69) is 21.4 Å². The number of aromatic nitrogens is 2. The molecule has 6 heteroatoms.